The summed E-state index contributed by atoms with van der Waals surface area (Å²) in [6.45, 7) is 0. The van der Waals surface area contributed by atoms with Gasteiger partial charge in [0.25, 0.3) is 11.6 Å². The van der Waals surface area contributed by atoms with E-state index in [1.807, 2.05) is 0 Å². The molecule has 0 N–H and O–H groups in total. The van der Waals surface area contributed by atoms with Crippen molar-refractivity contribution >= 4 is 11.6 Å². The van der Waals surface area contributed by atoms with Crippen LogP contribution in [0.2, 0.25) is 0 Å². The molecule has 2 aromatic rings. The van der Waals surface area contributed by atoms with Crippen molar-refractivity contribution in [1.29, 1.82) is 0 Å². The van der Waals surface area contributed by atoms with E-state index in [0.717, 1.165) is 17.7 Å². The van der Waals surface area contributed by atoms with Crippen LogP contribution in [0, 0.1) is 10.1 Å². The summed E-state index contributed by atoms with van der Waals surface area (Å²) in [6, 6.07) is 5.61. The Kier molecular flexibility index (Phi) is 2.35. The van der Waals surface area contributed by atoms with E-state index in [9.17, 15) is 14.9 Å². The lowest BCUT2D eigenvalue weighted by Gasteiger charge is -2.09. The van der Waals surface area contributed by atoms with Crippen molar-refractivity contribution < 1.29 is 9.72 Å². The summed E-state index contributed by atoms with van der Waals surface area (Å²) in [5, 5.41) is 14.9. The van der Waals surface area contributed by atoms with Crippen LogP contribution in [-0.4, -0.2) is 20.6 Å². The van der Waals surface area contributed by atoms with E-state index in [1.165, 1.54) is 28.9 Å². The summed E-state index contributed by atoms with van der Waals surface area (Å²) in [4.78, 5) is 22.7. The number of non-ortho nitro benzene ring substituents is 1. The number of carbonyl (C=O) groups is 1. The fourth-order valence-corrected chi connectivity index (χ4v) is 3.17. The van der Waals surface area contributed by atoms with Gasteiger partial charge in [-0.2, -0.15) is 9.78 Å². The molecule has 1 aromatic heterocycles. The molecule has 0 spiro atoms. The molecular formula is C15H11N3O3. The highest BCUT2D eigenvalue weighted by Gasteiger charge is 2.37. The van der Waals surface area contributed by atoms with Gasteiger partial charge in [0.05, 0.1) is 16.8 Å². The molecule has 0 aliphatic heterocycles. The molecule has 0 radical (unpaired) electrons. The first kappa shape index (κ1) is 12.0. The SMILES string of the molecule is O=C(c1ccc([N+](=O)[O-])cc1)n1ncc2c1[C@@H]1C=C[C@H]2C1. The number of nitro benzene ring substituents is 1. The van der Waals surface area contributed by atoms with Gasteiger partial charge < -0.3 is 0 Å². The number of benzene rings is 1. The molecule has 4 rings (SSSR count). The molecule has 6 nitrogen and oxygen atoms in total. The Morgan fingerprint density at radius 1 is 1.24 bits per heavy atom. The lowest BCUT2D eigenvalue weighted by atomic mass is 10.0. The van der Waals surface area contributed by atoms with E-state index < -0.39 is 4.92 Å². The van der Waals surface area contributed by atoms with E-state index in [4.69, 9.17) is 0 Å². The molecule has 21 heavy (non-hydrogen) atoms. The van der Waals surface area contributed by atoms with Crippen molar-refractivity contribution in [3.63, 3.8) is 0 Å². The number of fused-ring (bicyclic) bond motifs is 5. The number of rotatable bonds is 2. The Balaban J connectivity index is 1.71. The zero-order valence-corrected chi connectivity index (χ0v) is 11.0. The van der Waals surface area contributed by atoms with Crippen molar-refractivity contribution in [2.24, 2.45) is 0 Å². The van der Waals surface area contributed by atoms with E-state index in [-0.39, 0.29) is 17.5 Å². The van der Waals surface area contributed by atoms with E-state index >= 15 is 0 Å². The van der Waals surface area contributed by atoms with Gasteiger partial charge in [0.15, 0.2) is 0 Å². The molecule has 0 saturated carbocycles. The summed E-state index contributed by atoms with van der Waals surface area (Å²) >= 11 is 0. The van der Waals surface area contributed by atoms with Crippen LogP contribution in [0.15, 0.2) is 42.6 Å². The highest BCUT2D eigenvalue weighted by molar-refractivity contribution is 5.96. The van der Waals surface area contributed by atoms with Crippen LogP contribution in [0.5, 0.6) is 0 Å². The predicted molar refractivity (Wildman–Crippen MR) is 74.3 cm³/mol. The second-order valence-electron chi connectivity index (χ2n) is 5.34. The van der Waals surface area contributed by atoms with E-state index in [2.05, 4.69) is 17.3 Å². The van der Waals surface area contributed by atoms with Gasteiger partial charge in [0.1, 0.15) is 0 Å². The van der Waals surface area contributed by atoms with Gasteiger partial charge in [-0.3, -0.25) is 14.9 Å². The average Bonchev–Trinajstić information content (AvgIpc) is 3.19. The number of nitro groups is 1. The number of hydrogen-bond donors (Lipinski definition) is 0. The molecule has 0 amide bonds. The van der Waals surface area contributed by atoms with Crippen LogP contribution in [0.4, 0.5) is 5.69 Å². The first-order chi connectivity index (χ1) is 10.1. The number of nitrogens with zero attached hydrogens (tertiary/aromatic N) is 3. The van der Waals surface area contributed by atoms with Gasteiger partial charge in [0, 0.05) is 35.1 Å². The maximum absolute atomic E-state index is 12.5. The fraction of sp³-hybridized carbons (Fsp3) is 0.200. The van der Waals surface area contributed by atoms with Crippen LogP contribution in [0.1, 0.15) is 39.9 Å². The zero-order chi connectivity index (χ0) is 14.6. The predicted octanol–water partition coefficient (Wildman–Crippen LogP) is 2.62. The third-order valence-electron chi connectivity index (χ3n) is 4.19. The van der Waals surface area contributed by atoms with Crippen LogP contribution in [0.3, 0.4) is 0 Å². The standard InChI is InChI=1S/C15H11N3O3/c19-15(9-3-5-12(6-4-9)18(20)21)17-14-11-2-1-10(7-11)13(14)8-16-17/h1-6,8,10-11H,7H2/t10-,11+/m0/s1. The lowest BCUT2D eigenvalue weighted by molar-refractivity contribution is -0.384. The topological polar surface area (TPSA) is 78.0 Å². The number of allylic oxidation sites excluding steroid dienone is 2. The summed E-state index contributed by atoms with van der Waals surface area (Å²) in [7, 11) is 0. The molecule has 104 valence electrons. The molecule has 0 saturated heterocycles. The average molecular weight is 281 g/mol. The van der Waals surface area contributed by atoms with Crippen LogP contribution < -0.4 is 0 Å². The van der Waals surface area contributed by atoms with Gasteiger partial charge in [0.2, 0.25) is 0 Å². The van der Waals surface area contributed by atoms with E-state index in [1.54, 1.807) is 6.20 Å². The number of carbonyl (C=O) groups excluding carboxylic acids is 1. The second kappa shape index (κ2) is 4.12. The monoisotopic (exact) mass is 281 g/mol. The smallest absolute Gasteiger partial charge is 0.267 e. The van der Waals surface area contributed by atoms with Gasteiger partial charge in [-0.15, -0.1) is 0 Å². The Morgan fingerprint density at radius 2 is 1.95 bits per heavy atom. The minimum atomic E-state index is -0.483. The zero-order valence-electron chi connectivity index (χ0n) is 11.0. The normalized spacial score (nSPS) is 21.5. The molecule has 2 atom stereocenters. The van der Waals surface area contributed by atoms with Crippen LogP contribution in [0.25, 0.3) is 0 Å². The summed E-state index contributed by atoms with van der Waals surface area (Å²) in [5.74, 6) is 0.394. The molecule has 2 aliphatic carbocycles. The summed E-state index contributed by atoms with van der Waals surface area (Å²) in [6.07, 6.45) is 7.05. The Bertz CT molecular complexity index is 789. The maximum atomic E-state index is 12.5. The fourth-order valence-electron chi connectivity index (χ4n) is 3.17. The van der Waals surface area contributed by atoms with Crippen molar-refractivity contribution in [3.05, 3.63) is 69.5 Å². The molecule has 1 aromatic carbocycles. The summed E-state index contributed by atoms with van der Waals surface area (Å²) < 4.78 is 1.44. The van der Waals surface area contributed by atoms with E-state index in [0.29, 0.717) is 11.5 Å². The largest absolute Gasteiger partial charge is 0.278 e. The van der Waals surface area contributed by atoms with Gasteiger partial charge in [-0.05, 0) is 18.6 Å². The molecule has 1 heterocycles. The molecule has 0 unspecified atom stereocenters. The first-order valence-corrected chi connectivity index (χ1v) is 6.70. The number of hydrogen-bond acceptors (Lipinski definition) is 4. The summed E-state index contributed by atoms with van der Waals surface area (Å²) in [5.41, 5.74) is 2.46. The first-order valence-electron chi connectivity index (χ1n) is 6.70. The minimum absolute atomic E-state index is 0.0285. The number of aromatic nitrogens is 2. The molecule has 6 heteroatoms. The minimum Gasteiger partial charge on any atom is -0.267 e. The van der Waals surface area contributed by atoms with Crippen LogP contribution >= 0.6 is 0 Å². The molecule has 0 fully saturated rings. The van der Waals surface area contributed by atoms with Gasteiger partial charge in [-0.1, -0.05) is 12.2 Å². The maximum Gasteiger partial charge on any atom is 0.278 e. The third-order valence-corrected chi connectivity index (χ3v) is 4.19. The van der Waals surface area contributed by atoms with Crippen molar-refractivity contribution in [2.75, 3.05) is 0 Å². The highest BCUT2D eigenvalue weighted by Crippen LogP contribution is 2.48. The third kappa shape index (κ3) is 1.65. The molecule has 2 aliphatic rings. The Labute approximate surface area is 119 Å². The Morgan fingerprint density at radius 3 is 2.67 bits per heavy atom. The van der Waals surface area contributed by atoms with Gasteiger partial charge >= 0.3 is 0 Å². The second-order valence-corrected chi connectivity index (χ2v) is 5.34. The molecule has 2 bridgehead atoms. The highest BCUT2D eigenvalue weighted by atomic mass is 16.6. The van der Waals surface area contributed by atoms with Crippen molar-refractivity contribution in [3.8, 4) is 0 Å². The van der Waals surface area contributed by atoms with Gasteiger partial charge in [-0.25, -0.2) is 0 Å². The van der Waals surface area contributed by atoms with Crippen LogP contribution in [-0.2, 0) is 0 Å². The van der Waals surface area contributed by atoms with Crippen molar-refractivity contribution in [1.82, 2.24) is 9.78 Å². The molecular weight excluding hydrogens is 270 g/mol. The van der Waals surface area contributed by atoms with Crippen molar-refractivity contribution in [2.45, 2.75) is 18.3 Å². The Hall–Kier alpha value is -2.76. The quantitative estimate of drug-likeness (QED) is 0.481. The lowest BCUT2D eigenvalue weighted by Crippen LogP contribution is -2.17.